The number of anilines is 1. The van der Waals surface area contributed by atoms with Crippen LogP contribution in [0.4, 0.5) is 11.7 Å². The van der Waals surface area contributed by atoms with E-state index in [2.05, 4.69) is 26.2 Å². The summed E-state index contributed by atoms with van der Waals surface area (Å²) in [7, 11) is 0. The molecule has 2 heterocycles. The number of hydrogen-bond donors (Lipinski definition) is 1. The molecule has 0 bridgehead atoms. The Kier molecular flexibility index (Phi) is 3.41. The summed E-state index contributed by atoms with van der Waals surface area (Å²) in [6.07, 6.45) is 0. The van der Waals surface area contributed by atoms with Gasteiger partial charge in [-0.15, -0.1) is 11.3 Å². The summed E-state index contributed by atoms with van der Waals surface area (Å²) >= 11 is 5.01. The molecule has 6 nitrogen and oxygen atoms in total. The van der Waals surface area contributed by atoms with Crippen molar-refractivity contribution in [2.24, 2.45) is 0 Å². The van der Waals surface area contributed by atoms with Gasteiger partial charge in [0.1, 0.15) is 5.52 Å². The van der Waals surface area contributed by atoms with E-state index >= 15 is 0 Å². The lowest BCUT2D eigenvalue weighted by Gasteiger charge is -1.97. The second kappa shape index (κ2) is 5.22. The third kappa shape index (κ3) is 2.66. The van der Waals surface area contributed by atoms with Crippen LogP contribution in [0, 0.1) is 10.1 Å². The zero-order chi connectivity index (χ0) is 14.1. The molecule has 0 radical (unpaired) electrons. The number of fused-ring (bicyclic) bond motifs is 1. The monoisotopic (exact) mass is 353 g/mol. The van der Waals surface area contributed by atoms with Gasteiger partial charge in [-0.2, -0.15) is 4.98 Å². The standard InChI is InChI=1S/C12H8BrN3O3S/c13-11-4-2-8(20-11)6-14-12-15-9-5-7(16(17)18)1-3-10(9)19-12/h1-5H,6H2,(H,14,15). The summed E-state index contributed by atoms with van der Waals surface area (Å²) in [6, 6.07) is 8.66. The number of nitro benzene ring substituents is 1. The molecule has 1 N–H and O–H groups in total. The number of aromatic nitrogens is 1. The minimum absolute atomic E-state index is 0.000428. The van der Waals surface area contributed by atoms with Crippen LogP contribution in [0.3, 0.4) is 0 Å². The number of oxazole rings is 1. The largest absolute Gasteiger partial charge is 0.424 e. The number of nitrogens with zero attached hydrogens (tertiary/aromatic N) is 2. The first kappa shape index (κ1) is 13.1. The van der Waals surface area contributed by atoms with E-state index in [1.165, 1.54) is 12.1 Å². The normalized spacial score (nSPS) is 10.8. The van der Waals surface area contributed by atoms with Crippen LogP contribution in [0.2, 0.25) is 0 Å². The fourth-order valence-electron chi connectivity index (χ4n) is 1.71. The Hall–Kier alpha value is -1.93. The second-order valence-corrected chi connectivity index (χ2v) is 6.54. The maximum absolute atomic E-state index is 10.7. The maximum Gasteiger partial charge on any atom is 0.295 e. The predicted molar refractivity (Wildman–Crippen MR) is 80.0 cm³/mol. The molecule has 0 aliphatic heterocycles. The van der Waals surface area contributed by atoms with Crippen molar-refractivity contribution in [1.29, 1.82) is 0 Å². The van der Waals surface area contributed by atoms with Crippen molar-refractivity contribution < 1.29 is 9.34 Å². The molecule has 0 saturated heterocycles. The SMILES string of the molecule is O=[N+]([O-])c1ccc2oc(NCc3ccc(Br)s3)nc2c1. The number of non-ortho nitro benzene ring substituents is 1. The molecule has 1 aromatic carbocycles. The van der Waals surface area contributed by atoms with E-state index in [1.54, 1.807) is 17.4 Å². The lowest BCUT2D eigenvalue weighted by Crippen LogP contribution is -1.96. The minimum Gasteiger partial charge on any atom is -0.424 e. The average Bonchev–Trinajstić information content (AvgIpc) is 3.00. The van der Waals surface area contributed by atoms with Crippen LogP contribution < -0.4 is 5.32 Å². The molecule has 3 rings (SSSR count). The van der Waals surface area contributed by atoms with Gasteiger partial charge in [0.05, 0.1) is 15.3 Å². The molecule has 0 aliphatic carbocycles. The molecule has 8 heteroatoms. The van der Waals surface area contributed by atoms with Crippen molar-refractivity contribution in [2.75, 3.05) is 5.32 Å². The lowest BCUT2D eigenvalue weighted by atomic mass is 10.3. The highest BCUT2D eigenvalue weighted by atomic mass is 79.9. The summed E-state index contributed by atoms with van der Waals surface area (Å²) < 4.78 is 6.54. The van der Waals surface area contributed by atoms with Gasteiger partial charge in [0.15, 0.2) is 5.58 Å². The Morgan fingerprint density at radius 3 is 2.95 bits per heavy atom. The first-order valence-corrected chi connectivity index (χ1v) is 7.26. The maximum atomic E-state index is 10.7. The summed E-state index contributed by atoms with van der Waals surface area (Å²) in [5.41, 5.74) is 0.985. The molecule has 102 valence electrons. The quantitative estimate of drug-likeness (QED) is 0.562. The molecule has 0 unspecified atom stereocenters. The van der Waals surface area contributed by atoms with Gasteiger partial charge in [-0.05, 0) is 34.1 Å². The van der Waals surface area contributed by atoms with Crippen LogP contribution in [-0.4, -0.2) is 9.91 Å². The lowest BCUT2D eigenvalue weighted by molar-refractivity contribution is -0.384. The highest BCUT2D eigenvalue weighted by molar-refractivity contribution is 9.11. The first-order chi connectivity index (χ1) is 9.61. The number of thiophene rings is 1. The summed E-state index contributed by atoms with van der Waals surface area (Å²) in [5, 5.41) is 13.7. The van der Waals surface area contributed by atoms with Gasteiger partial charge in [-0.25, -0.2) is 0 Å². The number of hydrogen-bond acceptors (Lipinski definition) is 6. The molecule has 0 amide bonds. The van der Waals surface area contributed by atoms with Crippen molar-refractivity contribution >= 4 is 50.1 Å². The predicted octanol–water partition coefficient (Wildman–Crippen LogP) is 4.17. The van der Waals surface area contributed by atoms with Crippen molar-refractivity contribution in [3.05, 3.63) is 49.1 Å². The summed E-state index contributed by atoms with van der Waals surface area (Å²) in [5.74, 6) is 0. The molecule has 0 fully saturated rings. The van der Waals surface area contributed by atoms with Crippen LogP contribution in [0.15, 0.2) is 38.5 Å². The van der Waals surface area contributed by atoms with Crippen LogP contribution in [0.25, 0.3) is 11.1 Å². The van der Waals surface area contributed by atoms with Gasteiger partial charge in [0.25, 0.3) is 11.7 Å². The van der Waals surface area contributed by atoms with E-state index in [-0.39, 0.29) is 5.69 Å². The topological polar surface area (TPSA) is 81.2 Å². The van der Waals surface area contributed by atoms with Gasteiger partial charge < -0.3 is 9.73 Å². The van der Waals surface area contributed by atoms with Crippen molar-refractivity contribution in [1.82, 2.24) is 4.98 Å². The molecule has 2 aromatic heterocycles. The Balaban J connectivity index is 1.80. The average molecular weight is 354 g/mol. The zero-order valence-electron chi connectivity index (χ0n) is 10.00. The van der Waals surface area contributed by atoms with Gasteiger partial charge in [-0.1, -0.05) is 0 Å². The summed E-state index contributed by atoms with van der Waals surface area (Å²) in [4.78, 5) is 15.6. The van der Waals surface area contributed by atoms with Crippen molar-refractivity contribution in [3.63, 3.8) is 0 Å². The van der Waals surface area contributed by atoms with E-state index in [0.717, 1.165) is 8.66 Å². The summed E-state index contributed by atoms with van der Waals surface area (Å²) in [6.45, 7) is 0.588. The fourth-order valence-corrected chi connectivity index (χ4v) is 3.14. The highest BCUT2D eigenvalue weighted by Gasteiger charge is 2.11. The van der Waals surface area contributed by atoms with Crippen LogP contribution in [-0.2, 0) is 6.54 Å². The van der Waals surface area contributed by atoms with Gasteiger partial charge in [-0.3, -0.25) is 10.1 Å². The van der Waals surface area contributed by atoms with E-state index in [0.29, 0.717) is 23.7 Å². The number of halogens is 1. The third-order valence-corrected chi connectivity index (χ3v) is 4.25. The molecule has 0 aliphatic rings. The number of benzene rings is 1. The Bertz CT molecular complexity index is 783. The highest BCUT2D eigenvalue weighted by Crippen LogP contribution is 2.25. The Morgan fingerprint density at radius 2 is 2.25 bits per heavy atom. The second-order valence-electron chi connectivity index (χ2n) is 3.99. The molecular weight excluding hydrogens is 346 g/mol. The molecular formula is C12H8BrN3O3S. The van der Waals surface area contributed by atoms with Gasteiger partial charge >= 0.3 is 0 Å². The molecule has 0 saturated carbocycles. The molecule has 3 aromatic rings. The molecule has 0 atom stereocenters. The fraction of sp³-hybridized carbons (Fsp3) is 0.0833. The Labute approximate surface area is 125 Å². The van der Waals surface area contributed by atoms with Gasteiger partial charge in [0.2, 0.25) is 0 Å². The number of nitrogens with one attached hydrogen (secondary N) is 1. The number of nitro groups is 1. The third-order valence-electron chi connectivity index (χ3n) is 2.62. The van der Waals surface area contributed by atoms with E-state index in [9.17, 15) is 10.1 Å². The van der Waals surface area contributed by atoms with Crippen LogP contribution in [0.1, 0.15) is 4.88 Å². The van der Waals surface area contributed by atoms with Crippen LogP contribution in [0.5, 0.6) is 0 Å². The van der Waals surface area contributed by atoms with Crippen molar-refractivity contribution in [2.45, 2.75) is 6.54 Å². The molecule has 20 heavy (non-hydrogen) atoms. The van der Waals surface area contributed by atoms with E-state index in [4.69, 9.17) is 4.42 Å². The zero-order valence-corrected chi connectivity index (χ0v) is 12.4. The van der Waals surface area contributed by atoms with Gasteiger partial charge in [0, 0.05) is 17.0 Å². The smallest absolute Gasteiger partial charge is 0.295 e. The molecule has 0 spiro atoms. The first-order valence-electron chi connectivity index (χ1n) is 5.65. The minimum atomic E-state index is -0.454. The van der Waals surface area contributed by atoms with Crippen molar-refractivity contribution in [3.8, 4) is 0 Å². The number of rotatable bonds is 4. The van der Waals surface area contributed by atoms with E-state index < -0.39 is 4.92 Å². The van der Waals surface area contributed by atoms with E-state index in [1.807, 2.05) is 12.1 Å². The van der Waals surface area contributed by atoms with Crippen LogP contribution >= 0.6 is 27.3 Å². The Morgan fingerprint density at radius 1 is 1.40 bits per heavy atom.